The second kappa shape index (κ2) is 11.7. The van der Waals surface area contributed by atoms with Gasteiger partial charge in [0.25, 0.3) is 0 Å². The van der Waals surface area contributed by atoms with Crippen LogP contribution in [0.1, 0.15) is 25.0 Å². The Morgan fingerprint density at radius 2 is 2.08 bits per heavy atom. The van der Waals surface area contributed by atoms with Gasteiger partial charge >= 0.3 is 5.97 Å². The molecule has 2 aliphatic heterocycles. The lowest BCUT2D eigenvalue weighted by molar-refractivity contribution is -0.143. The Morgan fingerprint density at radius 1 is 1.26 bits per heavy atom. The van der Waals surface area contributed by atoms with E-state index in [4.69, 9.17) is 18.9 Å². The number of aromatic nitrogens is 2. The molecule has 0 spiro atoms. The van der Waals surface area contributed by atoms with Crippen LogP contribution in [0.3, 0.4) is 0 Å². The van der Waals surface area contributed by atoms with Gasteiger partial charge in [-0.15, -0.1) is 0 Å². The third-order valence-electron chi connectivity index (χ3n) is 6.43. The second-order valence-corrected chi connectivity index (χ2v) is 9.65. The largest absolute Gasteiger partial charge is 0.492 e. The molecule has 4 heterocycles. The third-order valence-corrected chi connectivity index (χ3v) is 6.43. The van der Waals surface area contributed by atoms with E-state index >= 15 is 0 Å². The summed E-state index contributed by atoms with van der Waals surface area (Å²) in [5.74, 6) is -0.529. The molecule has 1 aromatic carbocycles. The van der Waals surface area contributed by atoms with E-state index in [2.05, 4.69) is 20.2 Å². The maximum Gasteiger partial charge on any atom is 0.348 e. The number of Topliss-reactive ketones (excluding diaryl/α,β-unsaturated/α-hetero) is 1. The molecule has 3 aromatic rings. The molecule has 2 aliphatic rings. The zero-order valence-corrected chi connectivity index (χ0v) is 22.3. The predicted octanol–water partition coefficient (Wildman–Crippen LogP) is 3.80. The molecule has 2 N–H and O–H groups in total. The van der Waals surface area contributed by atoms with Crippen LogP contribution in [0.2, 0.25) is 0 Å². The lowest BCUT2D eigenvalue weighted by Crippen LogP contribution is -2.38. The molecule has 0 atom stereocenters. The van der Waals surface area contributed by atoms with Gasteiger partial charge in [-0.2, -0.15) is 0 Å². The third kappa shape index (κ3) is 6.13. The Balaban J connectivity index is 1.34. The number of aromatic amines is 1. The average molecular weight is 533 g/mol. The number of morpholine rings is 1. The summed E-state index contributed by atoms with van der Waals surface area (Å²) in [7, 11) is 0. The number of hydrogen-bond donors (Lipinski definition) is 2. The molecule has 0 aliphatic carbocycles. The first-order chi connectivity index (χ1) is 18.9. The fourth-order valence-corrected chi connectivity index (χ4v) is 4.42. The lowest BCUT2D eigenvalue weighted by Gasteiger charge is -2.26. The first-order valence-electron chi connectivity index (χ1n) is 13.0. The highest BCUT2D eigenvalue weighted by Crippen LogP contribution is 2.32. The van der Waals surface area contributed by atoms with Crippen molar-refractivity contribution in [3.05, 3.63) is 71.1 Å². The van der Waals surface area contributed by atoms with E-state index in [1.807, 2.05) is 37.3 Å². The number of rotatable bonds is 9. The van der Waals surface area contributed by atoms with E-state index in [1.54, 1.807) is 32.3 Å². The summed E-state index contributed by atoms with van der Waals surface area (Å²) in [6.07, 6.45) is 4.61. The number of esters is 1. The summed E-state index contributed by atoms with van der Waals surface area (Å²) in [6, 6.07) is 9.28. The van der Waals surface area contributed by atoms with Crippen molar-refractivity contribution >= 4 is 34.5 Å². The lowest BCUT2D eigenvalue weighted by atomic mass is 10.1. The molecule has 0 unspecified atom stereocenters. The van der Waals surface area contributed by atoms with E-state index in [-0.39, 0.29) is 17.2 Å². The number of ether oxygens (including phenoxy) is 4. The molecule has 0 bridgehead atoms. The van der Waals surface area contributed by atoms with Crippen molar-refractivity contribution in [1.82, 2.24) is 14.9 Å². The Bertz CT molecular complexity index is 1430. The molecule has 0 amide bonds. The van der Waals surface area contributed by atoms with Crippen LogP contribution in [0.5, 0.6) is 5.75 Å². The van der Waals surface area contributed by atoms with Gasteiger partial charge in [-0.3, -0.25) is 9.69 Å². The standard InChI is InChI=1S/C29H32N4O6/c1-18(2)38-29(35)25-26(34)24(16-20-17-31-27-22(20)5-4-8-30-27)39-28(25)32-23-7-6-21(15-19(23)3)37-14-11-33-9-12-36-13-10-33/h4-8,15-18,32H,9-14H2,1-3H3,(H,30,31)/b24-16-. The van der Waals surface area contributed by atoms with Gasteiger partial charge in [0.1, 0.15) is 18.0 Å². The zero-order valence-electron chi connectivity index (χ0n) is 22.3. The number of carbonyl (C=O) groups excluding carboxylic acids is 2. The molecule has 1 fully saturated rings. The summed E-state index contributed by atoms with van der Waals surface area (Å²) >= 11 is 0. The first kappa shape index (κ1) is 26.5. The summed E-state index contributed by atoms with van der Waals surface area (Å²) in [4.78, 5) is 35.9. The minimum Gasteiger partial charge on any atom is -0.492 e. The molecule has 39 heavy (non-hydrogen) atoms. The molecular formula is C29H32N4O6. The van der Waals surface area contributed by atoms with Crippen LogP contribution < -0.4 is 10.1 Å². The van der Waals surface area contributed by atoms with Gasteiger partial charge in [0.05, 0.1) is 19.3 Å². The molecular weight excluding hydrogens is 500 g/mol. The Labute approximate surface area is 226 Å². The van der Waals surface area contributed by atoms with Crippen LogP contribution in [-0.2, 0) is 23.8 Å². The topological polar surface area (TPSA) is 115 Å². The van der Waals surface area contributed by atoms with E-state index in [0.717, 1.165) is 49.5 Å². The van der Waals surface area contributed by atoms with Crippen molar-refractivity contribution in [2.24, 2.45) is 0 Å². The van der Waals surface area contributed by atoms with Gasteiger partial charge in [-0.25, -0.2) is 9.78 Å². The number of ketones is 1. The van der Waals surface area contributed by atoms with E-state index in [9.17, 15) is 9.59 Å². The number of nitrogens with one attached hydrogen (secondary N) is 2. The number of anilines is 1. The quantitative estimate of drug-likeness (QED) is 0.241. The van der Waals surface area contributed by atoms with Gasteiger partial charge in [-0.1, -0.05) is 0 Å². The number of pyridine rings is 1. The van der Waals surface area contributed by atoms with E-state index in [0.29, 0.717) is 23.5 Å². The van der Waals surface area contributed by atoms with Gasteiger partial charge in [0.15, 0.2) is 11.3 Å². The maximum atomic E-state index is 13.3. The SMILES string of the molecule is Cc1cc(OCCN2CCOCC2)ccc1NC1=C(C(=O)OC(C)C)C(=O)/C(=C/c2c[nH]c3ncccc23)O1. The summed E-state index contributed by atoms with van der Waals surface area (Å²) in [5.41, 5.74) is 2.75. The number of H-pyrrole nitrogens is 1. The monoisotopic (exact) mass is 532 g/mol. The number of carbonyl (C=O) groups is 2. The van der Waals surface area contributed by atoms with Crippen LogP contribution in [0.4, 0.5) is 5.69 Å². The van der Waals surface area contributed by atoms with Crippen LogP contribution in [0.25, 0.3) is 17.1 Å². The van der Waals surface area contributed by atoms with Crippen LogP contribution in [-0.4, -0.2) is 72.2 Å². The predicted molar refractivity (Wildman–Crippen MR) is 146 cm³/mol. The van der Waals surface area contributed by atoms with Crippen molar-refractivity contribution < 1.29 is 28.5 Å². The molecule has 0 radical (unpaired) electrons. The molecule has 1 saturated heterocycles. The second-order valence-electron chi connectivity index (χ2n) is 9.65. The number of benzene rings is 1. The minimum atomic E-state index is -0.748. The van der Waals surface area contributed by atoms with E-state index in [1.165, 1.54) is 0 Å². The van der Waals surface area contributed by atoms with E-state index < -0.39 is 17.9 Å². The smallest absolute Gasteiger partial charge is 0.348 e. The normalized spacial score (nSPS) is 17.2. The number of aryl methyl sites for hydroxylation is 1. The van der Waals surface area contributed by atoms with Crippen molar-refractivity contribution in [2.75, 3.05) is 44.8 Å². The van der Waals surface area contributed by atoms with Gasteiger partial charge < -0.3 is 29.2 Å². The highest BCUT2D eigenvalue weighted by Gasteiger charge is 2.37. The average Bonchev–Trinajstić information content (AvgIpc) is 3.46. The Hall–Kier alpha value is -4.15. The molecule has 0 saturated carbocycles. The van der Waals surface area contributed by atoms with Crippen molar-refractivity contribution in [1.29, 1.82) is 0 Å². The number of allylic oxidation sites excluding steroid dienone is 1. The van der Waals surface area contributed by atoms with Gasteiger partial charge in [0.2, 0.25) is 11.7 Å². The van der Waals surface area contributed by atoms with Crippen molar-refractivity contribution in [3.8, 4) is 5.75 Å². The number of nitrogens with zero attached hydrogens (tertiary/aromatic N) is 2. The number of hydrogen-bond acceptors (Lipinski definition) is 9. The fraction of sp³-hybridized carbons (Fsp3) is 0.345. The molecule has 10 nitrogen and oxygen atoms in total. The Morgan fingerprint density at radius 3 is 2.85 bits per heavy atom. The highest BCUT2D eigenvalue weighted by molar-refractivity contribution is 6.27. The fourth-order valence-electron chi connectivity index (χ4n) is 4.42. The molecule has 10 heteroatoms. The summed E-state index contributed by atoms with van der Waals surface area (Å²) in [6.45, 7) is 10.1. The molecule has 204 valence electrons. The minimum absolute atomic E-state index is 0.0127. The first-order valence-corrected chi connectivity index (χ1v) is 13.0. The van der Waals surface area contributed by atoms with Gasteiger partial charge in [-0.05, 0) is 62.7 Å². The zero-order chi connectivity index (χ0) is 27.4. The highest BCUT2D eigenvalue weighted by atomic mass is 16.6. The summed E-state index contributed by atoms with van der Waals surface area (Å²) < 4.78 is 22.6. The van der Waals surface area contributed by atoms with Gasteiger partial charge in [0, 0.05) is 48.7 Å². The molecule has 5 rings (SSSR count). The number of fused-ring (bicyclic) bond motifs is 1. The summed E-state index contributed by atoms with van der Waals surface area (Å²) in [5, 5.41) is 3.95. The van der Waals surface area contributed by atoms with Crippen molar-refractivity contribution in [2.45, 2.75) is 26.9 Å². The van der Waals surface area contributed by atoms with Crippen molar-refractivity contribution in [3.63, 3.8) is 0 Å². The molecule has 2 aromatic heterocycles. The van der Waals surface area contributed by atoms with Crippen LogP contribution in [0, 0.1) is 6.92 Å². The maximum absolute atomic E-state index is 13.3. The van der Waals surface area contributed by atoms with Crippen LogP contribution in [0.15, 0.2) is 59.9 Å². The van der Waals surface area contributed by atoms with Crippen LogP contribution >= 0.6 is 0 Å². The Kier molecular flexibility index (Phi) is 7.94.